The van der Waals surface area contributed by atoms with E-state index in [4.69, 9.17) is 14.2 Å². The number of hydrogen-bond donors (Lipinski definition) is 0. The molecule has 180 valence electrons. The Labute approximate surface area is 200 Å². The van der Waals surface area contributed by atoms with Gasteiger partial charge in [-0.25, -0.2) is 0 Å². The largest absolute Gasteiger partial charge is 0.486 e. The first-order valence-corrected chi connectivity index (χ1v) is 12.7. The molecule has 0 radical (unpaired) electrons. The van der Waals surface area contributed by atoms with Gasteiger partial charge in [0.1, 0.15) is 6.61 Å². The summed E-state index contributed by atoms with van der Waals surface area (Å²) in [6.45, 7) is 4.80. The van der Waals surface area contributed by atoms with Gasteiger partial charge in [-0.3, -0.25) is 9.59 Å². The number of ether oxygens (including phenoxy) is 3. The lowest BCUT2D eigenvalue weighted by Gasteiger charge is -2.55. The Morgan fingerprint density at radius 3 is 2.35 bits per heavy atom. The zero-order valence-corrected chi connectivity index (χ0v) is 20.0. The summed E-state index contributed by atoms with van der Waals surface area (Å²) in [7, 11) is 0. The van der Waals surface area contributed by atoms with Gasteiger partial charge in [0.15, 0.2) is 24.2 Å². The van der Waals surface area contributed by atoms with Crippen molar-refractivity contribution < 1.29 is 23.8 Å². The molecule has 1 unspecified atom stereocenters. The van der Waals surface area contributed by atoms with Crippen molar-refractivity contribution >= 4 is 11.8 Å². The molecule has 0 N–H and O–H groups in total. The topological polar surface area (TPSA) is 66.8 Å². The van der Waals surface area contributed by atoms with Crippen LogP contribution in [0.2, 0.25) is 0 Å². The zero-order chi connectivity index (χ0) is 23.4. The van der Waals surface area contributed by atoms with Gasteiger partial charge in [-0.1, -0.05) is 12.1 Å². The predicted octanol–water partition coefficient (Wildman–Crippen LogP) is 4.89. The van der Waals surface area contributed by atoms with Crippen LogP contribution in [0.5, 0.6) is 11.5 Å². The van der Waals surface area contributed by atoms with Crippen molar-refractivity contribution in [2.75, 3.05) is 13.2 Å². The van der Waals surface area contributed by atoms with E-state index in [-0.39, 0.29) is 29.9 Å². The summed E-state index contributed by atoms with van der Waals surface area (Å²) in [5.41, 5.74) is 2.14. The van der Waals surface area contributed by atoms with Crippen LogP contribution in [0.3, 0.4) is 0 Å². The van der Waals surface area contributed by atoms with Crippen LogP contribution in [0.1, 0.15) is 60.3 Å². The third-order valence-corrected chi connectivity index (χ3v) is 8.63. The molecule has 34 heavy (non-hydrogen) atoms. The van der Waals surface area contributed by atoms with Crippen LogP contribution in [0.25, 0.3) is 0 Å². The van der Waals surface area contributed by atoms with E-state index < -0.39 is 0 Å². The molecular weight excluding hydrogens is 430 g/mol. The molecule has 0 amide bonds. The first-order chi connectivity index (χ1) is 16.4. The molecule has 4 bridgehead atoms. The van der Waals surface area contributed by atoms with Crippen LogP contribution >= 0.6 is 0 Å². The number of esters is 1. The lowest BCUT2D eigenvalue weighted by Crippen LogP contribution is -2.50. The van der Waals surface area contributed by atoms with Crippen molar-refractivity contribution in [3.05, 3.63) is 47.3 Å². The predicted molar refractivity (Wildman–Crippen MR) is 126 cm³/mol. The van der Waals surface area contributed by atoms with Crippen LogP contribution in [0, 0.1) is 37.0 Å². The number of rotatable bonds is 6. The number of benzene rings is 1. The van der Waals surface area contributed by atoms with E-state index in [9.17, 15) is 9.59 Å². The minimum Gasteiger partial charge on any atom is -0.486 e. The van der Waals surface area contributed by atoms with Crippen molar-refractivity contribution in [2.24, 2.45) is 23.2 Å². The number of ketones is 1. The molecule has 0 spiro atoms. The smallest absolute Gasteiger partial charge is 0.312 e. The van der Waals surface area contributed by atoms with E-state index in [1.165, 1.54) is 19.3 Å². The van der Waals surface area contributed by atoms with E-state index in [2.05, 4.69) is 4.57 Å². The second-order valence-electron chi connectivity index (χ2n) is 11.1. The van der Waals surface area contributed by atoms with Crippen LogP contribution < -0.4 is 9.47 Å². The summed E-state index contributed by atoms with van der Waals surface area (Å²) in [5, 5.41) is 0. The summed E-state index contributed by atoms with van der Waals surface area (Å²) >= 11 is 0. The van der Waals surface area contributed by atoms with Gasteiger partial charge in [0.25, 0.3) is 0 Å². The van der Waals surface area contributed by atoms with Gasteiger partial charge in [-0.15, -0.1) is 0 Å². The van der Waals surface area contributed by atoms with Crippen molar-refractivity contribution in [3.8, 4) is 11.5 Å². The standard InChI is InChI=1S/C28H33NO5/c1-17-7-23(18(2)29(17)14-22-15-32-25-5-3-4-6-26(25)34-22)24(30)16-33-27(31)28-11-19-8-20(12-28)10-21(9-19)13-28/h3-7,19-22H,8-16H2,1-2H3. The SMILES string of the molecule is Cc1cc(C(=O)COC(=O)C23CC4CC(CC(C4)C2)C3)c(C)n1CC1COc2ccccc2O1. The number of carbonyl (C=O) groups excluding carboxylic acids is 2. The minimum atomic E-state index is -0.333. The number of aromatic nitrogens is 1. The van der Waals surface area contributed by atoms with Crippen LogP contribution in [0.15, 0.2) is 30.3 Å². The Bertz CT molecular complexity index is 1100. The number of Topliss-reactive ketones (excluding diaryl/α,β-unsaturated/α-hetero) is 1. The third-order valence-electron chi connectivity index (χ3n) is 8.63. The molecule has 1 aromatic heterocycles. The fraction of sp³-hybridized carbons (Fsp3) is 0.571. The van der Waals surface area contributed by atoms with E-state index in [0.29, 0.717) is 36.5 Å². The van der Waals surface area contributed by atoms with Crippen molar-refractivity contribution in [3.63, 3.8) is 0 Å². The number of hydrogen-bond acceptors (Lipinski definition) is 5. The van der Waals surface area contributed by atoms with Gasteiger partial charge in [0.05, 0.1) is 12.0 Å². The summed E-state index contributed by atoms with van der Waals surface area (Å²) in [5.74, 6) is 3.25. The summed E-state index contributed by atoms with van der Waals surface area (Å²) in [6, 6.07) is 9.56. The summed E-state index contributed by atoms with van der Waals surface area (Å²) < 4.78 is 19.7. The maximum atomic E-state index is 13.1. The molecule has 1 aliphatic heterocycles. The second kappa shape index (κ2) is 8.17. The van der Waals surface area contributed by atoms with Gasteiger partial charge in [-0.05, 0) is 88.3 Å². The normalized spacial score (nSPS) is 30.9. The number of aryl methyl sites for hydroxylation is 1. The highest BCUT2D eigenvalue weighted by molar-refractivity contribution is 5.99. The Balaban J connectivity index is 1.11. The van der Waals surface area contributed by atoms with Gasteiger partial charge in [0, 0.05) is 17.0 Å². The highest BCUT2D eigenvalue weighted by Gasteiger charge is 2.55. The third kappa shape index (κ3) is 3.71. The molecular formula is C28H33NO5. The minimum absolute atomic E-state index is 0.136. The number of para-hydroxylation sites is 2. The fourth-order valence-corrected chi connectivity index (χ4v) is 7.44. The second-order valence-corrected chi connectivity index (χ2v) is 11.1. The average Bonchev–Trinajstić information content (AvgIpc) is 3.10. The fourth-order valence-electron chi connectivity index (χ4n) is 7.44. The number of carbonyl (C=O) groups is 2. The lowest BCUT2D eigenvalue weighted by atomic mass is 9.49. The van der Waals surface area contributed by atoms with Gasteiger partial charge in [0.2, 0.25) is 5.78 Å². The maximum absolute atomic E-state index is 13.1. The molecule has 4 fully saturated rings. The molecule has 1 aromatic carbocycles. The van der Waals surface area contributed by atoms with E-state index in [0.717, 1.165) is 42.1 Å². The van der Waals surface area contributed by atoms with Crippen LogP contribution in [0.4, 0.5) is 0 Å². The molecule has 5 aliphatic rings. The van der Waals surface area contributed by atoms with E-state index in [1.807, 2.05) is 44.2 Å². The first kappa shape index (κ1) is 21.8. The molecule has 4 aliphatic carbocycles. The molecule has 4 saturated carbocycles. The molecule has 0 saturated heterocycles. The quantitative estimate of drug-likeness (QED) is 0.451. The van der Waals surface area contributed by atoms with Crippen molar-refractivity contribution in [2.45, 2.75) is 65.0 Å². The van der Waals surface area contributed by atoms with Crippen molar-refractivity contribution in [1.29, 1.82) is 0 Å². The molecule has 7 rings (SSSR count). The zero-order valence-electron chi connectivity index (χ0n) is 20.0. The van der Waals surface area contributed by atoms with Gasteiger partial charge >= 0.3 is 5.97 Å². The Morgan fingerprint density at radius 2 is 1.68 bits per heavy atom. The monoisotopic (exact) mass is 463 g/mol. The lowest BCUT2D eigenvalue weighted by molar-refractivity contribution is -0.170. The van der Waals surface area contributed by atoms with Gasteiger partial charge < -0.3 is 18.8 Å². The van der Waals surface area contributed by atoms with Crippen LogP contribution in [-0.2, 0) is 16.1 Å². The Hall–Kier alpha value is -2.76. The highest BCUT2D eigenvalue weighted by atomic mass is 16.6. The molecule has 1 atom stereocenters. The average molecular weight is 464 g/mol. The molecule has 6 heteroatoms. The summed E-state index contributed by atoms with van der Waals surface area (Å²) in [4.78, 5) is 26.2. The maximum Gasteiger partial charge on any atom is 0.312 e. The van der Waals surface area contributed by atoms with E-state index >= 15 is 0 Å². The highest BCUT2D eigenvalue weighted by Crippen LogP contribution is 2.60. The van der Waals surface area contributed by atoms with E-state index in [1.54, 1.807) is 0 Å². The summed E-state index contributed by atoms with van der Waals surface area (Å²) in [6.07, 6.45) is 6.54. The van der Waals surface area contributed by atoms with Gasteiger partial charge in [-0.2, -0.15) is 0 Å². The number of nitrogens with zero attached hydrogens (tertiary/aromatic N) is 1. The molecule has 6 nitrogen and oxygen atoms in total. The number of fused-ring (bicyclic) bond motifs is 1. The first-order valence-electron chi connectivity index (χ1n) is 12.7. The Kier molecular flexibility index (Phi) is 5.23. The van der Waals surface area contributed by atoms with Crippen LogP contribution in [-0.4, -0.2) is 35.6 Å². The molecule has 2 heterocycles. The Morgan fingerprint density at radius 1 is 1.03 bits per heavy atom. The van der Waals surface area contributed by atoms with Crippen molar-refractivity contribution in [1.82, 2.24) is 4.57 Å². The molecule has 2 aromatic rings.